The van der Waals surface area contributed by atoms with Crippen LogP contribution in [0, 0.1) is 6.92 Å². The second kappa shape index (κ2) is 9.21. The fourth-order valence-corrected chi connectivity index (χ4v) is 3.07. The highest BCUT2D eigenvalue weighted by Gasteiger charge is 2.19. The number of para-hydroxylation sites is 1. The lowest BCUT2D eigenvalue weighted by Gasteiger charge is -2.17. The van der Waals surface area contributed by atoms with Crippen LogP contribution in [0.1, 0.15) is 42.3 Å². The molecule has 1 amide bonds. The Labute approximate surface area is 180 Å². The monoisotopic (exact) mass is 417 g/mol. The molecule has 31 heavy (non-hydrogen) atoms. The first kappa shape index (κ1) is 21.7. The van der Waals surface area contributed by atoms with Crippen LogP contribution in [-0.4, -0.2) is 33.6 Å². The molecule has 0 aliphatic carbocycles. The van der Waals surface area contributed by atoms with E-state index in [1.165, 1.54) is 37.6 Å². The Hall–Kier alpha value is -4.00. The number of nitrogens with zero attached hydrogens (tertiary/aromatic N) is 3. The summed E-state index contributed by atoms with van der Waals surface area (Å²) in [5.74, 6) is -1.26. The van der Waals surface area contributed by atoms with E-state index in [2.05, 4.69) is 5.10 Å². The number of amides is 1. The number of fused-ring (bicyclic) bond motifs is 1. The lowest BCUT2D eigenvalue weighted by Crippen LogP contribution is -2.25. The van der Waals surface area contributed by atoms with Gasteiger partial charge in [-0.05, 0) is 18.6 Å². The molecule has 0 spiro atoms. The zero-order valence-corrected chi connectivity index (χ0v) is 17.8. The van der Waals surface area contributed by atoms with Gasteiger partial charge in [0.1, 0.15) is 0 Å². The molecule has 0 aliphatic heterocycles. The van der Waals surface area contributed by atoms with E-state index in [-0.39, 0.29) is 11.8 Å². The summed E-state index contributed by atoms with van der Waals surface area (Å²) in [5.41, 5.74) is 3.20. The minimum absolute atomic E-state index is 0.0604. The van der Waals surface area contributed by atoms with Crippen molar-refractivity contribution in [3.05, 3.63) is 77.3 Å². The van der Waals surface area contributed by atoms with Gasteiger partial charge in [0.15, 0.2) is 0 Å². The van der Waals surface area contributed by atoms with Crippen LogP contribution in [-0.2, 0) is 14.3 Å². The summed E-state index contributed by atoms with van der Waals surface area (Å²) in [5, 5.41) is 6.02. The maximum atomic E-state index is 12.3. The molecule has 0 aliphatic rings. The predicted molar refractivity (Wildman–Crippen MR) is 119 cm³/mol. The average Bonchev–Trinajstić information content (AvgIpc) is 3.08. The predicted octanol–water partition coefficient (Wildman–Crippen LogP) is 4.35. The molecule has 0 saturated carbocycles. The van der Waals surface area contributed by atoms with Gasteiger partial charge in [-0.1, -0.05) is 48.0 Å². The second-order valence-corrected chi connectivity index (χ2v) is 7.05. The molecular formula is C24H23N3O4. The van der Waals surface area contributed by atoms with Crippen LogP contribution in [0.25, 0.3) is 17.0 Å². The van der Waals surface area contributed by atoms with Crippen LogP contribution in [0.2, 0.25) is 0 Å². The number of aromatic nitrogens is 1. The van der Waals surface area contributed by atoms with Crippen molar-refractivity contribution >= 4 is 41.0 Å². The van der Waals surface area contributed by atoms with Crippen molar-refractivity contribution < 1.29 is 19.1 Å². The number of carbonyl (C=O) groups is 3. The number of hydrogen-bond donors (Lipinski definition) is 0. The molecule has 0 N–H and O–H groups in total. The maximum absolute atomic E-state index is 12.3. The number of rotatable bonds is 5. The number of hydrazone groups is 1. The highest BCUT2D eigenvalue weighted by molar-refractivity contribution is 5.97. The van der Waals surface area contributed by atoms with Gasteiger partial charge in [0.2, 0.25) is 17.7 Å². The van der Waals surface area contributed by atoms with Crippen molar-refractivity contribution in [2.24, 2.45) is 5.10 Å². The normalized spacial score (nSPS) is 11.7. The van der Waals surface area contributed by atoms with Gasteiger partial charge >= 0.3 is 5.97 Å². The quantitative estimate of drug-likeness (QED) is 0.267. The van der Waals surface area contributed by atoms with Gasteiger partial charge in [-0.3, -0.25) is 19.0 Å². The third kappa shape index (κ3) is 5.14. The van der Waals surface area contributed by atoms with Crippen molar-refractivity contribution in [1.82, 2.24) is 9.58 Å². The molecule has 3 rings (SSSR count). The highest BCUT2D eigenvalue weighted by Crippen LogP contribution is 2.25. The first-order valence-corrected chi connectivity index (χ1v) is 9.68. The van der Waals surface area contributed by atoms with Crippen molar-refractivity contribution in [1.29, 1.82) is 0 Å². The van der Waals surface area contributed by atoms with Crippen LogP contribution in [0.4, 0.5) is 0 Å². The zero-order chi connectivity index (χ0) is 22.5. The molecule has 7 nitrogen and oxygen atoms in total. The standard InChI is InChI=1S/C24H23N3O4/c1-16-9-11-20(12-10-16)14-25-27(18(3)29)24(31-19(4)30)13-21-15-26(17(2)28)23-8-6-5-7-22(21)23/h5-15H,1-4H3/b24-13+,25-14+. The molecule has 1 aromatic heterocycles. The van der Waals surface area contributed by atoms with E-state index in [1.807, 2.05) is 55.5 Å². The molecule has 2 aromatic carbocycles. The van der Waals surface area contributed by atoms with Crippen LogP contribution < -0.4 is 0 Å². The summed E-state index contributed by atoms with van der Waals surface area (Å²) >= 11 is 0. The van der Waals surface area contributed by atoms with Gasteiger partial charge in [-0.15, -0.1) is 0 Å². The van der Waals surface area contributed by atoms with Crippen molar-refractivity contribution in [3.63, 3.8) is 0 Å². The zero-order valence-electron chi connectivity index (χ0n) is 17.8. The van der Waals surface area contributed by atoms with Crippen molar-refractivity contribution in [2.75, 3.05) is 0 Å². The molecule has 0 atom stereocenters. The van der Waals surface area contributed by atoms with Crippen LogP contribution in [0.5, 0.6) is 0 Å². The summed E-state index contributed by atoms with van der Waals surface area (Å²) in [4.78, 5) is 36.1. The molecule has 158 valence electrons. The summed E-state index contributed by atoms with van der Waals surface area (Å²) in [6.45, 7) is 6.00. The van der Waals surface area contributed by atoms with E-state index in [4.69, 9.17) is 4.74 Å². The van der Waals surface area contributed by atoms with E-state index in [0.29, 0.717) is 11.1 Å². The smallest absolute Gasteiger partial charge is 0.309 e. The van der Waals surface area contributed by atoms with E-state index >= 15 is 0 Å². The first-order chi connectivity index (χ1) is 14.8. The van der Waals surface area contributed by atoms with E-state index < -0.39 is 11.9 Å². The summed E-state index contributed by atoms with van der Waals surface area (Å²) in [7, 11) is 0. The Morgan fingerprint density at radius 2 is 1.68 bits per heavy atom. The van der Waals surface area contributed by atoms with Crippen molar-refractivity contribution in [2.45, 2.75) is 27.7 Å². The van der Waals surface area contributed by atoms with Gasteiger partial charge in [-0.2, -0.15) is 10.1 Å². The van der Waals surface area contributed by atoms with Gasteiger partial charge in [-0.25, -0.2) is 0 Å². The number of esters is 1. The third-order valence-corrected chi connectivity index (χ3v) is 4.52. The van der Waals surface area contributed by atoms with Crippen LogP contribution in [0.3, 0.4) is 0 Å². The molecular weight excluding hydrogens is 394 g/mol. The number of benzene rings is 2. The Morgan fingerprint density at radius 1 is 1.00 bits per heavy atom. The molecule has 7 heteroatoms. The van der Waals surface area contributed by atoms with E-state index in [9.17, 15) is 14.4 Å². The van der Waals surface area contributed by atoms with Gasteiger partial charge in [0, 0.05) is 44.0 Å². The lowest BCUT2D eigenvalue weighted by molar-refractivity contribution is -0.142. The molecule has 3 aromatic rings. The first-order valence-electron chi connectivity index (χ1n) is 9.68. The van der Waals surface area contributed by atoms with Gasteiger partial charge in [0.05, 0.1) is 11.7 Å². The minimum atomic E-state index is -0.599. The molecule has 0 bridgehead atoms. The second-order valence-electron chi connectivity index (χ2n) is 7.05. The Kier molecular flexibility index (Phi) is 6.45. The maximum Gasteiger partial charge on any atom is 0.309 e. The number of aryl methyl sites for hydroxylation is 1. The molecule has 1 heterocycles. The fourth-order valence-electron chi connectivity index (χ4n) is 3.07. The van der Waals surface area contributed by atoms with Gasteiger partial charge in [0.25, 0.3) is 0 Å². The Morgan fingerprint density at radius 3 is 2.29 bits per heavy atom. The van der Waals surface area contributed by atoms with E-state index in [0.717, 1.165) is 21.5 Å². The highest BCUT2D eigenvalue weighted by atomic mass is 16.6. The summed E-state index contributed by atoms with van der Waals surface area (Å²) in [6, 6.07) is 14.9. The lowest BCUT2D eigenvalue weighted by atomic mass is 10.1. The molecule has 0 saturated heterocycles. The van der Waals surface area contributed by atoms with Crippen molar-refractivity contribution in [3.8, 4) is 0 Å². The average molecular weight is 417 g/mol. The number of ether oxygens (including phenoxy) is 1. The Bertz CT molecular complexity index is 1200. The SMILES string of the molecule is CC(=O)O/C(=C/c1cn(C(C)=O)c2ccccc12)N(/N=C/c1ccc(C)cc1)C(C)=O. The molecule has 0 fully saturated rings. The largest absolute Gasteiger partial charge is 0.407 e. The summed E-state index contributed by atoms with van der Waals surface area (Å²) in [6.07, 6.45) is 4.67. The summed E-state index contributed by atoms with van der Waals surface area (Å²) < 4.78 is 6.82. The van der Waals surface area contributed by atoms with E-state index in [1.54, 1.807) is 6.20 Å². The molecule has 0 radical (unpaired) electrons. The van der Waals surface area contributed by atoms with Crippen LogP contribution in [0.15, 0.2) is 65.7 Å². The minimum Gasteiger partial charge on any atom is -0.407 e. The fraction of sp³-hybridized carbons (Fsp3) is 0.167. The van der Waals surface area contributed by atoms with Crippen LogP contribution >= 0.6 is 0 Å². The number of carbonyl (C=O) groups excluding carboxylic acids is 3. The Balaban J connectivity index is 2.09. The number of hydrogen-bond acceptors (Lipinski definition) is 5. The third-order valence-electron chi connectivity index (χ3n) is 4.52. The molecule has 0 unspecified atom stereocenters. The van der Waals surface area contributed by atoms with Gasteiger partial charge < -0.3 is 4.74 Å². The topological polar surface area (TPSA) is 81.0 Å².